The van der Waals surface area contributed by atoms with E-state index in [1.807, 2.05) is 6.08 Å². The van der Waals surface area contributed by atoms with E-state index >= 15 is 0 Å². The van der Waals surface area contributed by atoms with E-state index in [4.69, 9.17) is 0 Å². The summed E-state index contributed by atoms with van der Waals surface area (Å²) in [5.74, 6) is 1.70. The van der Waals surface area contributed by atoms with Gasteiger partial charge in [-0.2, -0.15) is 0 Å². The molecule has 4 aliphatic carbocycles. The van der Waals surface area contributed by atoms with Crippen LogP contribution in [-0.4, -0.2) is 33.6 Å². The highest BCUT2D eigenvalue weighted by Crippen LogP contribution is 2.65. The molecular formula is C19H30O3. The quantitative estimate of drug-likeness (QED) is 0.603. The van der Waals surface area contributed by atoms with E-state index in [1.165, 1.54) is 0 Å². The van der Waals surface area contributed by atoms with Gasteiger partial charge in [0, 0.05) is 0 Å². The third-order valence-corrected chi connectivity index (χ3v) is 8.05. The van der Waals surface area contributed by atoms with Gasteiger partial charge < -0.3 is 15.3 Å². The van der Waals surface area contributed by atoms with Crippen molar-refractivity contribution in [1.82, 2.24) is 0 Å². The fourth-order valence-electron chi connectivity index (χ4n) is 6.73. The van der Waals surface area contributed by atoms with Gasteiger partial charge in [-0.25, -0.2) is 0 Å². The van der Waals surface area contributed by atoms with Crippen LogP contribution in [0.15, 0.2) is 11.6 Å². The van der Waals surface area contributed by atoms with Crippen molar-refractivity contribution in [2.45, 2.75) is 77.1 Å². The molecule has 3 N–H and O–H groups in total. The summed E-state index contributed by atoms with van der Waals surface area (Å²) in [6.07, 6.45) is 7.96. The largest absolute Gasteiger partial charge is 0.393 e. The van der Waals surface area contributed by atoms with Gasteiger partial charge in [-0.1, -0.05) is 19.9 Å². The van der Waals surface area contributed by atoms with Crippen LogP contribution < -0.4 is 0 Å². The molecule has 0 aromatic carbocycles. The molecule has 8 atom stereocenters. The highest BCUT2D eigenvalue weighted by atomic mass is 16.3. The van der Waals surface area contributed by atoms with Crippen molar-refractivity contribution in [3.63, 3.8) is 0 Å². The first-order valence-electron chi connectivity index (χ1n) is 9.12. The number of fused-ring (bicyclic) bond motifs is 5. The first-order chi connectivity index (χ1) is 10.4. The summed E-state index contributed by atoms with van der Waals surface area (Å²) in [6, 6.07) is 0. The van der Waals surface area contributed by atoms with Crippen LogP contribution in [0.3, 0.4) is 0 Å². The van der Waals surface area contributed by atoms with E-state index in [0.29, 0.717) is 17.8 Å². The van der Waals surface area contributed by atoms with E-state index in [9.17, 15) is 15.3 Å². The highest BCUT2D eigenvalue weighted by Gasteiger charge is 2.60. The van der Waals surface area contributed by atoms with Gasteiger partial charge in [-0.05, 0) is 79.1 Å². The maximum atomic E-state index is 10.8. The van der Waals surface area contributed by atoms with Crippen LogP contribution in [0.25, 0.3) is 0 Å². The van der Waals surface area contributed by atoms with E-state index in [2.05, 4.69) is 13.8 Å². The number of rotatable bonds is 0. The fourth-order valence-corrected chi connectivity index (χ4v) is 6.73. The molecule has 0 aromatic rings. The van der Waals surface area contributed by atoms with Crippen LogP contribution in [0, 0.1) is 28.6 Å². The standard InChI is InChI=1S/C19H30O3/c1-18-7-5-11(20)9-15(18)16(21)10-12-13-3-4-17(22)19(13,2)8-6-14(12)18/h9,11-14,16-17,20-22H,3-8,10H2,1-2H3/t11-,12-,13-,14-,16-,17-,18+,19-/m0/s1. The first kappa shape index (κ1) is 15.2. The minimum atomic E-state index is -0.402. The normalized spacial score (nSPS) is 57.6. The predicted molar refractivity (Wildman–Crippen MR) is 85.1 cm³/mol. The lowest BCUT2D eigenvalue weighted by molar-refractivity contribution is -0.0965. The molecular weight excluding hydrogens is 276 g/mol. The number of hydrogen-bond donors (Lipinski definition) is 3. The second-order valence-electron chi connectivity index (χ2n) is 8.91. The Morgan fingerprint density at radius 3 is 2.50 bits per heavy atom. The maximum Gasteiger partial charge on any atom is 0.0759 e. The molecule has 3 heteroatoms. The lowest BCUT2D eigenvalue weighted by Crippen LogP contribution is -2.54. The minimum Gasteiger partial charge on any atom is -0.393 e. The van der Waals surface area contributed by atoms with Crippen LogP contribution in [0.2, 0.25) is 0 Å². The van der Waals surface area contributed by atoms with Crippen molar-refractivity contribution in [1.29, 1.82) is 0 Å². The van der Waals surface area contributed by atoms with Gasteiger partial charge in [0.25, 0.3) is 0 Å². The molecule has 3 fully saturated rings. The lowest BCUT2D eigenvalue weighted by Gasteiger charge is -2.59. The molecule has 4 aliphatic rings. The van der Waals surface area contributed by atoms with Crippen LogP contribution >= 0.6 is 0 Å². The van der Waals surface area contributed by atoms with Crippen LogP contribution in [0.5, 0.6) is 0 Å². The molecule has 0 aliphatic heterocycles. The molecule has 124 valence electrons. The molecule has 0 radical (unpaired) electrons. The number of hydrogen-bond acceptors (Lipinski definition) is 3. The van der Waals surface area contributed by atoms with Gasteiger partial charge in [0.05, 0.1) is 18.3 Å². The Hall–Kier alpha value is -0.380. The van der Waals surface area contributed by atoms with Gasteiger partial charge in [-0.15, -0.1) is 0 Å². The molecule has 0 heterocycles. The molecule has 0 spiro atoms. The van der Waals surface area contributed by atoms with E-state index in [-0.39, 0.29) is 23.0 Å². The average Bonchev–Trinajstić information content (AvgIpc) is 2.77. The summed E-state index contributed by atoms with van der Waals surface area (Å²) in [5.41, 5.74) is 1.22. The van der Waals surface area contributed by atoms with E-state index in [1.54, 1.807) is 0 Å². The Labute approximate surface area is 133 Å². The van der Waals surface area contributed by atoms with Gasteiger partial charge in [0.2, 0.25) is 0 Å². The Bertz CT molecular complexity index is 501. The SMILES string of the molecule is C[C@]12CC[C@H]3[C@@H](C[C@H](O)C4=C[C@@H](O)CC[C@@]43C)[C@@H]1CC[C@@H]2O. The molecule has 4 rings (SSSR count). The first-order valence-corrected chi connectivity index (χ1v) is 9.12. The van der Waals surface area contributed by atoms with Crippen molar-refractivity contribution >= 4 is 0 Å². The van der Waals surface area contributed by atoms with Gasteiger partial charge in [0.1, 0.15) is 0 Å². The van der Waals surface area contributed by atoms with Crippen LogP contribution in [0.1, 0.15) is 58.8 Å². The van der Waals surface area contributed by atoms with E-state index in [0.717, 1.165) is 50.5 Å². The summed E-state index contributed by atoms with van der Waals surface area (Å²) in [5, 5.41) is 31.2. The zero-order valence-corrected chi connectivity index (χ0v) is 13.8. The minimum absolute atomic E-state index is 0.0520. The molecule has 3 nitrogen and oxygen atoms in total. The molecule has 0 saturated heterocycles. The van der Waals surface area contributed by atoms with Gasteiger partial charge in [0.15, 0.2) is 0 Å². The molecule has 0 bridgehead atoms. The third kappa shape index (κ3) is 1.85. The van der Waals surface area contributed by atoms with Crippen LogP contribution in [0.4, 0.5) is 0 Å². The summed E-state index contributed by atoms with van der Waals surface area (Å²) in [6.45, 7) is 4.59. The Kier molecular flexibility index (Phi) is 3.32. The average molecular weight is 306 g/mol. The molecule has 0 amide bonds. The van der Waals surface area contributed by atoms with Crippen LogP contribution in [-0.2, 0) is 0 Å². The second-order valence-corrected chi connectivity index (χ2v) is 8.91. The van der Waals surface area contributed by atoms with Crippen molar-refractivity contribution in [3.05, 3.63) is 11.6 Å². The highest BCUT2D eigenvalue weighted by molar-refractivity contribution is 5.29. The Balaban J connectivity index is 1.71. The van der Waals surface area contributed by atoms with Crippen molar-refractivity contribution in [2.75, 3.05) is 0 Å². The molecule has 0 unspecified atom stereocenters. The number of aliphatic hydroxyl groups is 3. The van der Waals surface area contributed by atoms with Crippen molar-refractivity contribution < 1.29 is 15.3 Å². The zero-order chi connectivity index (χ0) is 15.7. The van der Waals surface area contributed by atoms with Crippen molar-refractivity contribution in [2.24, 2.45) is 28.6 Å². The second kappa shape index (κ2) is 4.81. The van der Waals surface area contributed by atoms with E-state index < -0.39 is 6.10 Å². The smallest absolute Gasteiger partial charge is 0.0759 e. The summed E-state index contributed by atoms with van der Waals surface area (Å²) >= 11 is 0. The molecule has 22 heavy (non-hydrogen) atoms. The molecule has 3 saturated carbocycles. The van der Waals surface area contributed by atoms with Gasteiger partial charge in [-0.3, -0.25) is 0 Å². The summed E-state index contributed by atoms with van der Waals surface area (Å²) in [4.78, 5) is 0. The summed E-state index contributed by atoms with van der Waals surface area (Å²) < 4.78 is 0. The fraction of sp³-hybridized carbons (Fsp3) is 0.895. The third-order valence-electron chi connectivity index (χ3n) is 8.05. The Morgan fingerprint density at radius 2 is 1.73 bits per heavy atom. The maximum absolute atomic E-state index is 10.8. The zero-order valence-electron chi connectivity index (χ0n) is 13.8. The predicted octanol–water partition coefficient (Wildman–Crippen LogP) is 2.64. The lowest BCUT2D eigenvalue weighted by atomic mass is 9.47. The number of aliphatic hydroxyl groups excluding tert-OH is 3. The topological polar surface area (TPSA) is 60.7 Å². The monoisotopic (exact) mass is 306 g/mol. The molecule has 0 aromatic heterocycles. The summed E-state index contributed by atoms with van der Waals surface area (Å²) in [7, 11) is 0. The Morgan fingerprint density at radius 1 is 0.955 bits per heavy atom. The van der Waals surface area contributed by atoms with Crippen molar-refractivity contribution in [3.8, 4) is 0 Å². The van der Waals surface area contributed by atoms with Gasteiger partial charge >= 0.3 is 0 Å².